The van der Waals surface area contributed by atoms with Gasteiger partial charge in [0, 0.05) is 15.4 Å². The topological polar surface area (TPSA) is 79.9 Å². The number of ether oxygens (including phenoxy) is 1. The van der Waals surface area contributed by atoms with E-state index in [9.17, 15) is 9.18 Å². The molecular weight excluding hydrogens is 427 g/mol. The van der Waals surface area contributed by atoms with Gasteiger partial charge in [-0.25, -0.2) is 4.39 Å². The number of carbonyl (C=O) groups is 1. The average Bonchev–Trinajstić information content (AvgIpc) is 3.09. The predicted molar refractivity (Wildman–Crippen MR) is 108 cm³/mol. The molecule has 0 spiro atoms. The number of nitrogens with one attached hydrogen (secondary N) is 2. The van der Waals surface area contributed by atoms with Gasteiger partial charge in [-0.15, -0.1) is 0 Å². The van der Waals surface area contributed by atoms with Crippen molar-refractivity contribution in [1.29, 1.82) is 0 Å². The fourth-order valence-electron chi connectivity index (χ4n) is 2.88. The number of nitrogens with zero attached hydrogens (tertiary/aromatic N) is 2. The van der Waals surface area contributed by atoms with Gasteiger partial charge in [0.05, 0.1) is 30.1 Å². The standard InChI is InChI=1S/C20H14BrFN4O2/c1-28-17-7-3-6-14(22)18(17)15-9-13-16(10-23-15)25-26-19(13)24-20(27)11-4-2-5-12(21)8-11/h2-10H,1H3,(H2,24,25,26,27). The number of methoxy groups -OCH3 is 1. The molecule has 1 amide bonds. The number of rotatable bonds is 4. The molecule has 0 unspecified atom stereocenters. The Morgan fingerprint density at radius 1 is 1.21 bits per heavy atom. The molecule has 0 atom stereocenters. The molecule has 2 heterocycles. The number of fused-ring (bicyclic) bond motifs is 1. The summed E-state index contributed by atoms with van der Waals surface area (Å²) in [6.07, 6.45) is 1.54. The Kier molecular flexibility index (Phi) is 4.79. The maximum Gasteiger partial charge on any atom is 0.256 e. The summed E-state index contributed by atoms with van der Waals surface area (Å²) >= 11 is 3.35. The number of hydrogen-bond donors (Lipinski definition) is 2. The number of hydrogen-bond acceptors (Lipinski definition) is 4. The lowest BCUT2D eigenvalue weighted by atomic mass is 10.1. The van der Waals surface area contributed by atoms with Crippen LogP contribution in [0.4, 0.5) is 10.2 Å². The highest BCUT2D eigenvalue weighted by molar-refractivity contribution is 9.10. The normalized spacial score (nSPS) is 10.8. The van der Waals surface area contributed by atoms with Crippen LogP contribution >= 0.6 is 15.9 Å². The molecule has 2 aromatic carbocycles. The number of benzene rings is 2. The summed E-state index contributed by atoms with van der Waals surface area (Å²) in [5, 5.41) is 10.4. The van der Waals surface area contributed by atoms with Crippen molar-refractivity contribution in [2.75, 3.05) is 12.4 Å². The van der Waals surface area contributed by atoms with E-state index in [1.165, 1.54) is 19.4 Å². The second-order valence-electron chi connectivity index (χ2n) is 5.97. The van der Waals surface area contributed by atoms with Crippen molar-refractivity contribution in [1.82, 2.24) is 15.2 Å². The van der Waals surface area contributed by atoms with Gasteiger partial charge in [0.15, 0.2) is 5.82 Å². The van der Waals surface area contributed by atoms with E-state index in [2.05, 4.69) is 36.4 Å². The molecule has 0 aliphatic carbocycles. The zero-order chi connectivity index (χ0) is 19.7. The molecule has 0 bridgehead atoms. The molecule has 0 fully saturated rings. The summed E-state index contributed by atoms with van der Waals surface area (Å²) in [5.41, 5.74) is 1.72. The first-order valence-corrected chi connectivity index (χ1v) is 9.10. The fraction of sp³-hybridized carbons (Fsp3) is 0.0500. The highest BCUT2D eigenvalue weighted by Gasteiger charge is 2.17. The minimum atomic E-state index is -0.450. The first kappa shape index (κ1) is 18.1. The van der Waals surface area contributed by atoms with Gasteiger partial charge in [-0.1, -0.05) is 28.1 Å². The molecule has 2 aromatic heterocycles. The second-order valence-corrected chi connectivity index (χ2v) is 6.88. The number of anilines is 1. The zero-order valence-electron chi connectivity index (χ0n) is 14.7. The van der Waals surface area contributed by atoms with E-state index in [4.69, 9.17) is 4.74 Å². The molecular formula is C20H14BrFN4O2. The lowest BCUT2D eigenvalue weighted by molar-refractivity contribution is 0.102. The predicted octanol–water partition coefficient (Wildman–Crippen LogP) is 4.79. The van der Waals surface area contributed by atoms with Crippen LogP contribution in [0.15, 0.2) is 59.2 Å². The Balaban J connectivity index is 1.74. The molecule has 0 radical (unpaired) electrons. The van der Waals surface area contributed by atoms with Crippen LogP contribution in [0.3, 0.4) is 0 Å². The van der Waals surface area contributed by atoms with Gasteiger partial charge in [0.2, 0.25) is 0 Å². The summed E-state index contributed by atoms with van der Waals surface area (Å²) in [6.45, 7) is 0. The van der Waals surface area contributed by atoms with Gasteiger partial charge in [0.25, 0.3) is 5.91 Å². The third-order valence-corrected chi connectivity index (χ3v) is 4.71. The first-order chi connectivity index (χ1) is 13.6. The van der Waals surface area contributed by atoms with Gasteiger partial charge >= 0.3 is 0 Å². The summed E-state index contributed by atoms with van der Waals surface area (Å²) in [5.74, 6) is -0.0556. The van der Waals surface area contributed by atoms with Crippen LogP contribution in [0.2, 0.25) is 0 Å². The molecule has 8 heteroatoms. The first-order valence-electron chi connectivity index (χ1n) is 8.30. The number of carbonyl (C=O) groups excluding carboxylic acids is 1. The van der Waals surface area contributed by atoms with Crippen LogP contribution in [0, 0.1) is 5.82 Å². The molecule has 6 nitrogen and oxygen atoms in total. The van der Waals surface area contributed by atoms with Crippen LogP contribution in [-0.4, -0.2) is 28.2 Å². The van der Waals surface area contributed by atoms with E-state index in [-0.39, 0.29) is 11.5 Å². The Hall–Kier alpha value is -3.26. The minimum Gasteiger partial charge on any atom is -0.496 e. The molecule has 4 rings (SSSR count). The Bertz CT molecular complexity index is 1190. The minimum absolute atomic E-state index is 0.248. The fourth-order valence-corrected chi connectivity index (χ4v) is 3.28. The Morgan fingerprint density at radius 2 is 2.04 bits per heavy atom. The molecule has 0 aliphatic rings. The Morgan fingerprint density at radius 3 is 2.82 bits per heavy atom. The maximum absolute atomic E-state index is 14.4. The number of pyridine rings is 1. The van der Waals surface area contributed by atoms with Gasteiger partial charge in [-0.2, -0.15) is 5.10 Å². The molecule has 28 heavy (non-hydrogen) atoms. The third-order valence-electron chi connectivity index (χ3n) is 4.22. The van der Waals surface area contributed by atoms with Gasteiger partial charge < -0.3 is 10.1 Å². The summed E-state index contributed by atoms with van der Waals surface area (Å²) in [6, 6.07) is 13.3. The van der Waals surface area contributed by atoms with Crippen molar-refractivity contribution >= 4 is 38.6 Å². The third kappa shape index (κ3) is 3.34. The van der Waals surface area contributed by atoms with Crippen molar-refractivity contribution in [3.8, 4) is 17.0 Å². The van der Waals surface area contributed by atoms with Crippen LogP contribution in [0.25, 0.3) is 22.2 Å². The lowest BCUT2D eigenvalue weighted by Crippen LogP contribution is -2.12. The highest BCUT2D eigenvalue weighted by Crippen LogP contribution is 2.33. The Labute approximate surface area is 167 Å². The monoisotopic (exact) mass is 440 g/mol. The summed E-state index contributed by atoms with van der Waals surface area (Å²) < 4.78 is 20.5. The van der Waals surface area contributed by atoms with E-state index < -0.39 is 5.82 Å². The largest absolute Gasteiger partial charge is 0.496 e. The van der Waals surface area contributed by atoms with E-state index in [1.807, 2.05) is 6.07 Å². The average molecular weight is 441 g/mol. The van der Waals surface area contributed by atoms with Gasteiger partial charge in [-0.3, -0.25) is 14.9 Å². The highest BCUT2D eigenvalue weighted by atomic mass is 79.9. The van der Waals surface area contributed by atoms with Crippen LogP contribution < -0.4 is 10.1 Å². The molecule has 0 saturated heterocycles. The zero-order valence-corrected chi connectivity index (χ0v) is 16.2. The molecule has 4 aromatic rings. The number of halogens is 2. The van der Waals surface area contributed by atoms with Crippen LogP contribution in [0.5, 0.6) is 5.75 Å². The van der Waals surface area contributed by atoms with E-state index in [1.54, 1.807) is 36.4 Å². The maximum atomic E-state index is 14.4. The van der Waals surface area contributed by atoms with E-state index in [0.717, 1.165) is 4.47 Å². The van der Waals surface area contributed by atoms with Crippen LogP contribution in [-0.2, 0) is 0 Å². The van der Waals surface area contributed by atoms with Crippen molar-refractivity contribution in [3.63, 3.8) is 0 Å². The number of amides is 1. The number of H-pyrrole nitrogens is 1. The second kappa shape index (κ2) is 7.40. The van der Waals surface area contributed by atoms with Crippen molar-refractivity contribution in [3.05, 3.63) is 70.6 Å². The number of aromatic nitrogens is 3. The molecule has 0 aliphatic heterocycles. The van der Waals surface area contributed by atoms with Crippen molar-refractivity contribution < 1.29 is 13.9 Å². The van der Waals surface area contributed by atoms with E-state index in [0.29, 0.717) is 33.7 Å². The van der Waals surface area contributed by atoms with E-state index >= 15 is 0 Å². The van der Waals surface area contributed by atoms with Crippen LogP contribution in [0.1, 0.15) is 10.4 Å². The number of aromatic amines is 1. The van der Waals surface area contributed by atoms with Crippen molar-refractivity contribution in [2.24, 2.45) is 0 Å². The smallest absolute Gasteiger partial charge is 0.256 e. The molecule has 140 valence electrons. The molecule has 2 N–H and O–H groups in total. The SMILES string of the molecule is COc1cccc(F)c1-c1cc2c(NC(=O)c3cccc(Br)c3)n[nH]c2cn1. The summed E-state index contributed by atoms with van der Waals surface area (Å²) in [4.78, 5) is 16.8. The summed E-state index contributed by atoms with van der Waals surface area (Å²) in [7, 11) is 1.47. The lowest BCUT2D eigenvalue weighted by Gasteiger charge is -2.09. The van der Waals surface area contributed by atoms with Gasteiger partial charge in [0.1, 0.15) is 11.6 Å². The molecule has 0 saturated carbocycles. The van der Waals surface area contributed by atoms with Crippen molar-refractivity contribution in [2.45, 2.75) is 0 Å². The quantitative estimate of drug-likeness (QED) is 0.478. The van der Waals surface area contributed by atoms with Gasteiger partial charge in [-0.05, 0) is 36.4 Å².